The minimum Gasteiger partial charge on any atom is -0.493 e. The van der Waals surface area contributed by atoms with E-state index in [1.165, 1.54) is 0 Å². The van der Waals surface area contributed by atoms with E-state index in [9.17, 15) is 4.79 Å². The van der Waals surface area contributed by atoms with Gasteiger partial charge in [0.05, 0.1) is 7.11 Å². The second-order valence-corrected chi connectivity index (χ2v) is 6.82. The number of nitrogens with one attached hydrogen (secondary N) is 3. The number of aryl methyl sites for hydroxylation is 1. The van der Waals surface area contributed by atoms with Crippen LogP contribution in [-0.2, 0) is 0 Å². The van der Waals surface area contributed by atoms with Crippen molar-refractivity contribution in [1.29, 1.82) is 0 Å². The first-order chi connectivity index (χ1) is 15.1. The van der Waals surface area contributed by atoms with Crippen molar-refractivity contribution < 1.29 is 13.9 Å². The van der Waals surface area contributed by atoms with Crippen LogP contribution in [-0.4, -0.2) is 41.3 Å². The van der Waals surface area contributed by atoms with Crippen molar-refractivity contribution in [2.75, 3.05) is 30.8 Å². The number of amides is 1. The molecule has 3 N–H and O–H groups in total. The van der Waals surface area contributed by atoms with Crippen LogP contribution in [0.5, 0.6) is 5.75 Å². The largest absolute Gasteiger partial charge is 0.493 e. The number of ether oxygens (including phenoxy) is 1. The zero-order chi connectivity index (χ0) is 21.6. The van der Waals surface area contributed by atoms with Crippen LogP contribution in [0.4, 0.5) is 17.5 Å². The van der Waals surface area contributed by atoms with Crippen LogP contribution in [0.2, 0.25) is 0 Å². The highest BCUT2D eigenvalue weighted by Crippen LogP contribution is 2.28. The number of hydrogen-bond donors (Lipinski definition) is 3. The Morgan fingerprint density at radius 3 is 2.58 bits per heavy atom. The molecule has 31 heavy (non-hydrogen) atoms. The highest BCUT2D eigenvalue weighted by atomic mass is 16.5. The molecule has 3 heterocycles. The lowest BCUT2D eigenvalue weighted by atomic mass is 10.2. The quantitative estimate of drug-likeness (QED) is 0.373. The molecule has 0 saturated carbocycles. The summed E-state index contributed by atoms with van der Waals surface area (Å²) in [7, 11) is 1.56. The maximum absolute atomic E-state index is 12.3. The summed E-state index contributed by atoms with van der Waals surface area (Å²) < 4.78 is 10.9. The maximum atomic E-state index is 12.3. The van der Waals surface area contributed by atoms with Crippen molar-refractivity contribution in [3.63, 3.8) is 0 Å². The minimum absolute atomic E-state index is 0.236. The number of para-hydroxylation sites is 1. The summed E-state index contributed by atoms with van der Waals surface area (Å²) in [5.74, 6) is 2.43. The number of rotatable bonds is 8. The zero-order valence-electron chi connectivity index (χ0n) is 17.2. The highest BCUT2D eigenvalue weighted by Gasteiger charge is 2.14. The molecule has 0 aliphatic carbocycles. The lowest BCUT2D eigenvalue weighted by molar-refractivity contribution is 0.0929. The van der Waals surface area contributed by atoms with E-state index in [-0.39, 0.29) is 11.7 Å². The summed E-state index contributed by atoms with van der Waals surface area (Å²) in [6, 6.07) is 14.7. The predicted molar refractivity (Wildman–Crippen MR) is 118 cm³/mol. The fourth-order valence-corrected chi connectivity index (χ4v) is 2.93. The molecule has 9 heteroatoms. The topological polar surface area (TPSA) is 114 Å². The molecule has 0 unspecified atom stereocenters. The van der Waals surface area contributed by atoms with E-state index in [2.05, 4.69) is 31.1 Å². The van der Waals surface area contributed by atoms with Crippen molar-refractivity contribution in [2.45, 2.75) is 6.92 Å². The smallest absolute Gasteiger partial charge is 0.287 e. The molecule has 158 valence electrons. The van der Waals surface area contributed by atoms with E-state index in [1.807, 2.05) is 31.2 Å². The predicted octanol–water partition coefficient (Wildman–Crippen LogP) is 3.52. The molecule has 0 spiro atoms. The van der Waals surface area contributed by atoms with Crippen molar-refractivity contribution in [3.05, 3.63) is 66.1 Å². The highest BCUT2D eigenvalue weighted by molar-refractivity contribution is 5.97. The van der Waals surface area contributed by atoms with Gasteiger partial charge >= 0.3 is 0 Å². The van der Waals surface area contributed by atoms with E-state index in [0.29, 0.717) is 41.9 Å². The molecule has 3 aromatic heterocycles. The Labute approximate surface area is 178 Å². The Hall–Kier alpha value is -4.14. The minimum atomic E-state index is -0.295. The van der Waals surface area contributed by atoms with Gasteiger partial charge in [-0.25, -0.2) is 4.98 Å². The average molecular weight is 418 g/mol. The van der Waals surface area contributed by atoms with Crippen LogP contribution in [0, 0.1) is 6.92 Å². The summed E-state index contributed by atoms with van der Waals surface area (Å²) in [6.07, 6.45) is 1.78. The van der Waals surface area contributed by atoms with Gasteiger partial charge in [0.15, 0.2) is 22.9 Å². The van der Waals surface area contributed by atoms with E-state index in [4.69, 9.17) is 9.15 Å². The molecule has 0 aliphatic heterocycles. The fourth-order valence-electron chi connectivity index (χ4n) is 2.93. The van der Waals surface area contributed by atoms with Crippen LogP contribution in [0.1, 0.15) is 16.1 Å². The molecule has 0 radical (unpaired) electrons. The average Bonchev–Trinajstić information content (AvgIpc) is 3.24. The molecular weight excluding hydrogens is 396 g/mol. The maximum Gasteiger partial charge on any atom is 0.287 e. The normalized spacial score (nSPS) is 10.6. The van der Waals surface area contributed by atoms with Gasteiger partial charge in [0.2, 0.25) is 0 Å². The second kappa shape index (κ2) is 9.12. The molecule has 0 saturated heterocycles. The lowest BCUT2D eigenvalue weighted by Gasteiger charge is -2.07. The van der Waals surface area contributed by atoms with Gasteiger partial charge in [0, 0.05) is 24.7 Å². The van der Waals surface area contributed by atoms with Crippen LogP contribution in [0.15, 0.2) is 59.1 Å². The summed E-state index contributed by atoms with van der Waals surface area (Å²) in [6.45, 7) is 2.85. The molecule has 0 fully saturated rings. The standard InChI is InChI=1S/C22H22N6O3/c1-14-6-7-18(25-13-14)26-20-9-8-19(27-28-20)23-10-11-24-22(29)17-12-15-4-3-5-16(30-2)21(15)31-17/h3-9,12-13H,10-11H2,1-2H3,(H,23,27)(H,24,29)(H,25,26,28). The first-order valence-corrected chi connectivity index (χ1v) is 9.74. The Balaban J connectivity index is 1.26. The van der Waals surface area contributed by atoms with Crippen LogP contribution in [0.25, 0.3) is 11.0 Å². The summed E-state index contributed by atoms with van der Waals surface area (Å²) in [4.78, 5) is 16.6. The van der Waals surface area contributed by atoms with Crippen LogP contribution in [0.3, 0.4) is 0 Å². The first kappa shape index (κ1) is 20.1. The molecule has 9 nitrogen and oxygen atoms in total. The van der Waals surface area contributed by atoms with Gasteiger partial charge in [-0.05, 0) is 42.8 Å². The van der Waals surface area contributed by atoms with Crippen molar-refractivity contribution in [1.82, 2.24) is 20.5 Å². The van der Waals surface area contributed by atoms with Crippen molar-refractivity contribution >= 4 is 34.3 Å². The third-order valence-corrected chi connectivity index (χ3v) is 4.50. The van der Waals surface area contributed by atoms with Gasteiger partial charge in [0.1, 0.15) is 11.6 Å². The summed E-state index contributed by atoms with van der Waals surface area (Å²) >= 11 is 0. The second-order valence-electron chi connectivity index (χ2n) is 6.82. The van der Waals surface area contributed by atoms with E-state index >= 15 is 0 Å². The van der Waals surface area contributed by atoms with Crippen molar-refractivity contribution in [3.8, 4) is 5.75 Å². The van der Waals surface area contributed by atoms with Gasteiger partial charge in [-0.2, -0.15) is 0 Å². The number of carbonyl (C=O) groups excluding carboxylic acids is 1. The number of carbonyl (C=O) groups is 1. The third-order valence-electron chi connectivity index (χ3n) is 4.50. The number of furan rings is 1. The molecule has 0 atom stereocenters. The number of hydrogen-bond acceptors (Lipinski definition) is 8. The Morgan fingerprint density at radius 1 is 1.03 bits per heavy atom. The SMILES string of the molecule is COc1cccc2cc(C(=O)NCCNc3ccc(Nc4ccc(C)cn4)nn3)oc12. The Morgan fingerprint density at radius 2 is 1.84 bits per heavy atom. The van der Waals surface area contributed by atoms with E-state index < -0.39 is 0 Å². The zero-order valence-corrected chi connectivity index (χ0v) is 17.2. The molecule has 1 aromatic carbocycles. The number of anilines is 3. The van der Waals surface area contributed by atoms with E-state index in [1.54, 1.807) is 37.6 Å². The molecule has 4 aromatic rings. The molecule has 1 amide bonds. The van der Waals surface area contributed by atoms with Gasteiger partial charge in [-0.1, -0.05) is 18.2 Å². The van der Waals surface area contributed by atoms with Crippen LogP contribution >= 0.6 is 0 Å². The monoisotopic (exact) mass is 418 g/mol. The van der Waals surface area contributed by atoms with E-state index in [0.717, 1.165) is 10.9 Å². The van der Waals surface area contributed by atoms with Crippen LogP contribution < -0.4 is 20.7 Å². The van der Waals surface area contributed by atoms with Gasteiger partial charge in [-0.15, -0.1) is 10.2 Å². The summed E-state index contributed by atoms with van der Waals surface area (Å²) in [5.41, 5.74) is 1.64. The molecule has 0 bridgehead atoms. The van der Waals surface area contributed by atoms with Gasteiger partial charge in [0.25, 0.3) is 5.91 Å². The van der Waals surface area contributed by atoms with Gasteiger partial charge in [-0.3, -0.25) is 4.79 Å². The first-order valence-electron chi connectivity index (χ1n) is 9.74. The number of fused-ring (bicyclic) bond motifs is 1. The number of aromatic nitrogens is 3. The third kappa shape index (κ3) is 4.89. The number of nitrogens with zero attached hydrogens (tertiary/aromatic N) is 3. The Bertz CT molecular complexity index is 1170. The van der Waals surface area contributed by atoms with Gasteiger partial charge < -0.3 is 25.1 Å². The van der Waals surface area contributed by atoms with Crippen molar-refractivity contribution in [2.24, 2.45) is 0 Å². The molecular formula is C22H22N6O3. The number of pyridine rings is 1. The summed E-state index contributed by atoms with van der Waals surface area (Å²) in [5, 5.41) is 18.1. The lowest BCUT2D eigenvalue weighted by Crippen LogP contribution is -2.28. The number of benzene rings is 1. The Kier molecular flexibility index (Phi) is 5.93. The molecule has 0 aliphatic rings. The fraction of sp³-hybridized carbons (Fsp3) is 0.182. The molecule has 4 rings (SSSR count). The number of methoxy groups -OCH3 is 1.